The Hall–Kier alpha value is -4.41. The number of fused-ring (bicyclic) bond motifs is 1. The van der Waals surface area contributed by atoms with Crippen LogP contribution in [0.2, 0.25) is 0 Å². The molecule has 252 valence electrons. The summed E-state index contributed by atoms with van der Waals surface area (Å²) in [7, 11) is 1.72. The molecule has 10 heteroatoms. The quantitative estimate of drug-likeness (QED) is 0.284. The first kappa shape index (κ1) is 35.4. The summed E-state index contributed by atoms with van der Waals surface area (Å²) in [5, 5.41) is 16.0. The molecule has 4 atom stereocenters. The van der Waals surface area contributed by atoms with Crippen molar-refractivity contribution in [2.24, 2.45) is 5.92 Å². The lowest BCUT2D eigenvalue weighted by Gasteiger charge is -2.35. The number of urea groups is 1. The van der Waals surface area contributed by atoms with Crippen LogP contribution in [0.1, 0.15) is 56.0 Å². The van der Waals surface area contributed by atoms with Gasteiger partial charge in [-0.25, -0.2) is 4.79 Å². The third-order valence-electron chi connectivity index (χ3n) is 8.37. The number of carbonyl (C=O) groups is 3. The molecule has 10 nitrogen and oxygen atoms in total. The van der Waals surface area contributed by atoms with E-state index in [9.17, 15) is 19.5 Å². The van der Waals surface area contributed by atoms with Crippen LogP contribution in [0.4, 0.5) is 16.2 Å². The molecule has 0 unspecified atom stereocenters. The topological polar surface area (TPSA) is 120 Å². The Morgan fingerprint density at radius 2 is 1.68 bits per heavy atom. The zero-order chi connectivity index (χ0) is 33.8. The molecular weight excluding hydrogens is 596 g/mol. The number of nitrogens with one attached hydrogen (secondary N) is 2. The van der Waals surface area contributed by atoms with Crippen molar-refractivity contribution in [1.29, 1.82) is 0 Å². The first-order valence-corrected chi connectivity index (χ1v) is 16.4. The fourth-order valence-electron chi connectivity index (χ4n) is 5.54. The van der Waals surface area contributed by atoms with Crippen LogP contribution in [0.15, 0.2) is 78.9 Å². The fourth-order valence-corrected chi connectivity index (χ4v) is 5.54. The number of aliphatic hydroxyl groups excluding tert-OH is 1. The molecule has 4 rings (SSSR count). The first-order chi connectivity index (χ1) is 22.6. The second-order valence-corrected chi connectivity index (χ2v) is 12.4. The maximum Gasteiger partial charge on any atom is 0.321 e. The van der Waals surface area contributed by atoms with Gasteiger partial charge in [-0.05, 0) is 69.0 Å². The van der Waals surface area contributed by atoms with Gasteiger partial charge in [-0.2, -0.15) is 0 Å². The van der Waals surface area contributed by atoms with Gasteiger partial charge in [0.1, 0.15) is 5.75 Å². The minimum absolute atomic E-state index is 0.172. The lowest BCUT2D eigenvalue weighted by molar-refractivity contribution is -0.115. The molecule has 0 saturated carbocycles. The van der Waals surface area contributed by atoms with E-state index < -0.39 is 6.04 Å². The average Bonchev–Trinajstić information content (AvgIpc) is 3.06. The molecule has 0 bridgehead atoms. The van der Waals surface area contributed by atoms with Crippen molar-refractivity contribution < 1.29 is 29.0 Å². The molecule has 3 aromatic rings. The SMILES string of the molecule is C[C@@H]1CCCCO[C@@H](CN(C)C(=O)Nc2ccccc2)[C@@H](C)CN([C@@H](C)CO)C(=O)c2cc(NC(=O)Cc3ccccc3)ccc2O1. The Labute approximate surface area is 278 Å². The second-order valence-electron chi connectivity index (χ2n) is 12.4. The van der Waals surface area contributed by atoms with Crippen LogP contribution < -0.4 is 15.4 Å². The number of carbonyl (C=O) groups excluding carboxylic acids is 3. The number of likely N-dealkylation sites (N-methyl/N-ethyl adjacent to an activating group) is 1. The molecule has 0 spiro atoms. The van der Waals surface area contributed by atoms with Crippen molar-refractivity contribution in [3.8, 4) is 5.75 Å². The molecule has 1 aliphatic heterocycles. The lowest BCUT2D eigenvalue weighted by Crippen LogP contribution is -2.48. The normalized spacial score (nSPS) is 19.8. The molecule has 0 aromatic heterocycles. The van der Waals surface area contributed by atoms with Gasteiger partial charge in [-0.1, -0.05) is 55.5 Å². The summed E-state index contributed by atoms with van der Waals surface area (Å²) in [5.41, 5.74) is 2.36. The second kappa shape index (κ2) is 17.5. The Kier molecular flexibility index (Phi) is 13.2. The fraction of sp³-hybridized carbons (Fsp3) is 0.432. The number of anilines is 2. The minimum atomic E-state index is -0.515. The first-order valence-electron chi connectivity index (χ1n) is 16.4. The molecule has 3 aromatic carbocycles. The van der Waals surface area contributed by atoms with Crippen molar-refractivity contribution in [3.63, 3.8) is 0 Å². The van der Waals surface area contributed by atoms with E-state index >= 15 is 0 Å². The molecule has 47 heavy (non-hydrogen) atoms. The smallest absolute Gasteiger partial charge is 0.321 e. The van der Waals surface area contributed by atoms with Crippen LogP contribution in [0.25, 0.3) is 0 Å². The minimum Gasteiger partial charge on any atom is -0.490 e. The molecule has 0 radical (unpaired) electrons. The molecule has 3 N–H and O–H groups in total. The molecule has 0 aliphatic carbocycles. The predicted octanol–water partition coefficient (Wildman–Crippen LogP) is 5.83. The van der Waals surface area contributed by atoms with Crippen molar-refractivity contribution in [3.05, 3.63) is 90.0 Å². The zero-order valence-electron chi connectivity index (χ0n) is 27.9. The number of ether oxygens (including phenoxy) is 2. The monoisotopic (exact) mass is 644 g/mol. The summed E-state index contributed by atoms with van der Waals surface area (Å²) >= 11 is 0. The van der Waals surface area contributed by atoms with Gasteiger partial charge in [0.05, 0.1) is 36.8 Å². The van der Waals surface area contributed by atoms with Crippen LogP contribution in [-0.4, -0.2) is 84.4 Å². The molecular formula is C37H48N4O6. The highest BCUT2D eigenvalue weighted by molar-refractivity contribution is 6.00. The van der Waals surface area contributed by atoms with Gasteiger partial charge in [0, 0.05) is 44.0 Å². The van der Waals surface area contributed by atoms with Crippen molar-refractivity contribution in [2.45, 2.75) is 64.7 Å². The Bertz CT molecular complexity index is 1450. The number of para-hydroxylation sites is 1. The van der Waals surface area contributed by atoms with E-state index in [-0.39, 0.29) is 55.5 Å². The third kappa shape index (κ3) is 10.6. The highest BCUT2D eigenvalue weighted by atomic mass is 16.5. The van der Waals surface area contributed by atoms with Gasteiger partial charge >= 0.3 is 6.03 Å². The van der Waals surface area contributed by atoms with Crippen LogP contribution in [0.3, 0.4) is 0 Å². The van der Waals surface area contributed by atoms with Gasteiger partial charge < -0.3 is 35.0 Å². The molecule has 4 amide bonds. The maximum absolute atomic E-state index is 14.3. The van der Waals surface area contributed by atoms with Crippen LogP contribution in [0.5, 0.6) is 5.75 Å². The summed E-state index contributed by atoms with van der Waals surface area (Å²) in [6.45, 7) is 6.57. The lowest BCUT2D eigenvalue weighted by atomic mass is 10.0. The van der Waals surface area contributed by atoms with Crippen molar-refractivity contribution >= 4 is 29.2 Å². The predicted molar refractivity (Wildman–Crippen MR) is 184 cm³/mol. The van der Waals surface area contributed by atoms with Crippen LogP contribution in [0, 0.1) is 5.92 Å². The molecule has 1 heterocycles. The number of aliphatic hydroxyl groups is 1. The summed E-state index contributed by atoms with van der Waals surface area (Å²) in [4.78, 5) is 43.5. The third-order valence-corrected chi connectivity index (χ3v) is 8.37. The summed E-state index contributed by atoms with van der Waals surface area (Å²) < 4.78 is 12.7. The summed E-state index contributed by atoms with van der Waals surface area (Å²) in [6.07, 6.45) is 2.08. The number of hydrogen-bond donors (Lipinski definition) is 3. The molecule has 1 aliphatic rings. The summed E-state index contributed by atoms with van der Waals surface area (Å²) in [5.74, 6) is -0.299. The van der Waals surface area contributed by atoms with Gasteiger partial charge in [-0.3, -0.25) is 9.59 Å². The van der Waals surface area contributed by atoms with E-state index in [0.717, 1.165) is 24.8 Å². The van der Waals surface area contributed by atoms with E-state index in [4.69, 9.17) is 9.47 Å². The zero-order valence-corrected chi connectivity index (χ0v) is 27.9. The number of rotatable bonds is 8. The van der Waals surface area contributed by atoms with Crippen molar-refractivity contribution in [2.75, 3.05) is 44.0 Å². The van der Waals surface area contributed by atoms with E-state index in [1.165, 1.54) is 0 Å². The highest BCUT2D eigenvalue weighted by Crippen LogP contribution is 2.28. The standard InChI is InChI=1S/C37H48N4O6/c1-26-23-41(27(2)25-42)36(44)32-22-31(38-35(43)21-29-14-7-5-8-15-29)18-19-33(32)47-28(3)13-11-12-20-46-34(26)24-40(4)37(45)39-30-16-9-6-10-17-30/h5-10,14-19,22,26-28,34,42H,11-13,20-21,23-25H2,1-4H3,(H,38,43)(H,39,45)/t26-,27-,28+,34-/m0/s1. The van der Waals surface area contributed by atoms with Gasteiger partial charge in [0.15, 0.2) is 0 Å². The number of benzene rings is 3. The van der Waals surface area contributed by atoms with Crippen molar-refractivity contribution in [1.82, 2.24) is 9.80 Å². The largest absolute Gasteiger partial charge is 0.490 e. The van der Waals surface area contributed by atoms with Gasteiger partial charge in [-0.15, -0.1) is 0 Å². The Balaban J connectivity index is 1.58. The highest BCUT2D eigenvalue weighted by Gasteiger charge is 2.31. The van der Waals surface area contributed by atoms with E-state index in [1.807, 2.05) is 74.5 Å². The maximum atomic E-state index is 14.3. The van der Waals surface area contributed by atoms with Crippen LogP contribution >= 0.6 is 0 Å². The Morgan fingerprint density at radius 1 is 0.979 bits per heavy atom. The van der Waals surface area contributed by atoms with Gasteiger partial charge in [0.25, 0.3) is 5.91 Å². The van der Waals surface area contributed by atoms with E-state index in [0.29, 0.717) is 35.8 Å². The number of nitrogens with zero attached hydrogens (tertiary/aromatic N) is 2. The summed E-state index contributed by atoms with van der Waals surface area (Å²) in [6, 6.07) is 23.1. The van der Waals surface area contributed by atoms with Gasteiger partial charge in [0.2, 0.25) is 5.91 Å². The average molecular weight is 645 g/mol. The van der Waals surface area contributed by atoms with E-state index in [1.54, 1.807) is 42.0 Å². The Morgan fingerprint density at radius 3 is 2.38 bits per heavy atom. The number of hydrogen-bond acceptors (Lipinski definition) is 6. The van der Waals surface area contributed by atoms with Crippen LogP contribution in [-0.2, 0) is 16.0 Å². The van der Waals surface area contributed by atoms with E-state index in [2.05, 4.69) is 10.6 Å². The molecule has 0 saturated heterocycles. The number of amides is 4. The molecule has 0 fully saturated rings.